The van der Waals surface area contributed by atoms with Gasteiger partial charge in [-0.05, 0) is 0 Å². The fourth-order valence-electron chi connectivity index (χ4n) is 0. The van der Waals surface area contributed by atoms with E-state index in [1.807, 2.05) is 0 Å². The summed E-state index contributed by atoms with van der Waals surface area (Å²) < 4.78 is 17.1. The molecular weight excluding hydrogens is 296 g/mol. The standard InChI is InChI=1S/Al.Ca.K.2H3O4P/c;;;2*1-5(2,3)4/h;;;2*(H3,1,2,3,4)/q+3;+2;+1;;/p-6. The summed E-state index contributed by atoms with van der Waals surface area (Å²) >= 11 is 0. The van der Waals surface area contributed by atoms with E-state index < -0.39 is 15.6 Å². The molecule has 0 heterocycles. The first kappa shape index (κ1) is 30.0. The molecule has 64 valence electrons. The van der Waals surface area contributed by atoms with Crippen LogP contribution in [0.5, 0.6) is 0 Å². The Morgan fingerprint density at radius 2 is 0.692 bits per heavy atom. The maximum Gasteiger partial charge on any atom is 3.00 e. The Hall–Kier alpha value is 3.65. The topological polar surface area (TPSA) is 172 Å². The number of phosphoric acid groups is 2. The summed E-state index contributed by atoms with van der Waals surface area (Å²) in [5.41, 5.74) is 0. The summed E-state index contributed by atoms with van der Waals surface area (Å²) in [4.78, 5) is 51.3. The first-order valence-corrected chi connectivity index (χ1v) is 4.38. The molecule has 0 rings (SSSR count). The maximum absolute atomic E-state index is 8.55. The van der Waals surface area contributed by atoms with Gasteiger partial charge in [-0.3, -0.25) is 0 Å². The van der Waals surface area contributed by atoms with Crippen molar-refractivity contribution in [3.63, 3.8) is 0 Å². The van der Waals surface area contributed by atoms with Gasteiger partial charge in [-0.1, -0.05) is 0 Å². The predicted octanol–water partition coefficient (Wildman–Crippen LogP) is -9.41. The van der Waals surface area contributed by atoms with Crippen LogP contribution >= 0.6 is 15.6 Å². The Kier molecular flexibility index (Phi) is 31.7. The van der Waals surface area contributed by atoms with Crippen molar-refractivity contribution in [2.75, 3.05) is 0 Å². The van der Waals surface area contributed by atoms with Gasteiger partial charge in [0.25, 0.3) is 0 Å². The molecule has 0 spiro atoms. The van der Waals surface area contributed by atoms with Crippen LogP contribution in [0, 0.1) is 0 Å². The molecule has 13 heavy (non-hydrogen) atoms. The monoisotopic (exact) mass is 296 g/mol. The molecule has 0 amide bonds. The van der Waals surface area contributed by atoms with Crippen molar-refractivity contribution in [1.29, 1.82) is 0 Å². The third kappa shape index (κ3) is 219. The second kappa shape index (κ2) is 13.7. The van der Waals surface area contributed by atoms with Crippen molar-refractivity contribution < 1.29 is 89.9 Å². The van der Waals surface area contributed by atoms with Crippen molar-refractivity contribution in [2.45, 2.75) is 0 Å². The molecule has 8 nitrogen and oxygen atoms in total. The third-order valence-electron chi connectivity index (χ3n) is 0. The zero-order valence-corrected chi connectivity index (χ0v) is 14.7. The van der Waals surface area contributed by atoms with Gasteiger partial charge in [-0.25, -0.2) is 0 Å². The van der Waals surface area contributed by atoms with E-state index in [1.54, 1.807) is 0 Å². The fourth-order valence-corrected chi connectivity index (χ4v) is 0. The molecule has 0 atom stereocenters. The van der Waals surface area contributed by atoms with Crippen LogP contribution in [0.15, 0.2) is 0 Å². The first-order valence-electron chi connectivity index (χ1n) is 1.46. The summed E-state index contributed by atoms with van der Waals surface area (Å²) in [5, 5.41) is 0. The molecule has 0 radical (unpaired) electrons. The molecule has 0 aliphatic rings. The van der Waals surface area contributed by atoms with Crippen molar-refractivity contribution in [2.24, 2.45) is 0 Å². The van der Waals surface area contributed by atoms with E-state index in [0.717, 1.165) is 0 Å². The van der Waals surface area contributed by atoms with Gasteiger partial charge >= 0.3 is 106 Å². The van der Waals surface area contributed by atoms with E-state index in [0.29, 0.717) is 0 Å². The van der Waals surface area contributed by atoms with Crippen LogP contribution in [0.2, 0.25) is 0 Å². The molecule has 0 aromatic heterocycles. The number of hydrogen-bond donors (Lipinski definition) is 0. The average molecular weight is 296 g/mol. The van der Waals surface area contributed by atoms with Gasteiger partial charge in [0, 0.05) is 0 Å². The molecule has 0 aliphatic carbocycles. The fraction of sp³-hybridized carbons (Fsp3) is 0. The van der Waals surface area contributed by atoms with Crippen LogP contribution in [0.1, 0.15) is 0 Å². The molecule has 0 aromatic carbocycles. The van der Waals surface area contributed by atoms with Crippen molar-refractivity contribution in [3.05, 3.63) is 0 Å². The van der Waals surface area contributed by atoms with Gasteiger partial charge < -0.3 is 38.5 Å². The van der Waals surface area contributed by atoms with Crippen LogP contribution in [0.3, 0.4) is 0 Å². The molecule has 0 saturated carbocycles. The molecule has 0 N–H and O–H groups in total. The van der Waals surface area contributed by atoms with Crippen LogP contribution < -0.4 is 80.7 Å². The van der Waals surface area contributed by atoms with Crippen molar-refractivity contribution in [1.82, 2.24) is 0 Å². The summed E-state index contributed by atoms with van der Waals surface area (Å²) in [5.74, 6) is 0. The minimum Gasteiger partial charge on any atom is -0.822 e. The van der Waals surface area contributed by atoms with Crippen LogP contribution in [0.4, 0.5) is 0 Å². The number of hydrogen-bond acceptors (Lipinski definition) is 8. The van der Waals surface area contributed by atoms with Crippen LogP contribution in [0.25, 0.3) is 0 Å². The summed E-state index contributed by atoms with van der Waals surface area (Å²) in [6.45, 7) is 0. The Labute approximate surface area is 157 Å². The van der Waals surface area contributed by atoms with Gasteiger partial charge in [-0.2, -0.15) is 15.6 Å². The van der Waals surface area contributed by atoms with Crippen LogP contribution in [-0.2, 0) is 9.13 Å². The maximum atomic E-state index is 8.55. The van der Waals surface area contributed by atoms with E-state index >= 15 is 0 Å². The molecule has 0 aliphatic heterocycles. The zero-order chi connectivity index (χ0) is 9.00. The van der Waals surface area contributed by atoms with E-state index in [9.17, 15) is 0 Å². The van der Waals surface area contributed by atoms with E-state index in [1.165, 1.54) is 0 Å². The minimum absolute atomic E-state index is 0. The number of rotatable bonds is 0. The molecule has 0 aromatic rings. The van der Waals surface area contributed by atoms with Crippen molar-refractivity contribution >= 4 is 70.7 Å². The Balaban J connectivity index is -0.0000000267. The largest absolute Gasteiger partial charge is 3.00 e. The van der Waals surface area contributed by atoms with Crippen LogP contribution in [-0.4, -0.2) is 55.1 Å². The van der Waals surface area contributed by atoms with Gasteiger partial charge in [-0.15, -0.1) is 0 Å². The van der Waals surface area contributed by atoms with Crippen molar-refractivity contribution in [3.8, 4) is 0 Å². The van der Waals surface area contributed by atoms with Gasteiger partial charge in [0.15, 0.2) is 0 Å². The normalized spacial score (nSPS) is 9.08. The summed E-state index contributed by atoms with van der Waals surface area (Å²) in [6, 6.07) is 0. The smallest absolute Gasteiger partial charge is 0.822 e. The molecule has 13 heteroatoms. The third-order valence-corrected chi connectivity index (χ3v) is 0. The minimum atomic E-state index is -5.39. The van der Waals surface area contributed by atoms with E-state index in [4.69, 9.17) is 38.5 Å². The first-order chi connectivity index (χ1) is 4.00. The second-order valence-electron chi connectivity index (χ2n) is 0.894. The zero-order valence-electron chi connectivity index (χ0n) is 6.44. The van der Waals surface area contributed by atoms with E-state index in [-0.39, 0.29) is 106 Å². The molecule has 0 fully saturated rings. The van der Waals surface area contributed by atoms with E-state index in [2.05, 4.69) is 0 Å². The second-order valence-corrected chi connectivity index (χ2v) is 2.68. The Bertz CT molecular complexity index is 134. The van der Waals surface area contributed by atoms with Gasteiger partial charge in [0.05, 0.1) is 0 Å². The summed E-state index contributed by atoms with van der Waals surface area (Å²) in [6.07, 6.45) is 0. The SMILES string of the molecule is O=P([O-])([O-])[O-].O=P([O-])([O-])[O-].[Al+3].[Ca+2].[K+]. The predicted molar refractivity (Wildman–Crippen MR) is 26.7 cm³/mol. The molecular formula is AlCaKO8P2. The molecule has 0 saturated heterocycles. The average Bonchev–Trinajstić information content (AvgIpc) is 1.12. The van der Waals surface area contributed by atoms with Gasteiger partial charge in [0.2, 0.25) is 0 Å². The van der Waals surface area contributed by atoms with Gasteiger partial charge in [0.1, 0.15) is 0 Å². The Morgan fingerprint density at radius 1 is 0.692 bits per heavy atom. The Morgan fingerprint density at radius 3 is 0.692 bits per heavy atom. The summed E-state index contributed by atoms with van der Waals surface area (Å²) in [7, 11) is -10.8. The quantitative estimate of drug-likeness (QED) is 0.313. The molecule has 0 unspecified atom stereocenters. The molecule has 0 bridgehead atoms.